The van der Waals surface area contributed by atoms with Gasteiger partial charge in [-0.2, -0.15) is 5.26 Å². The third kappa shape index (κ3) is 2.65. The molecule has 0 unspecified atom stereocenters. The molecule has 0 radical (unpaired) electrons. The summed E-state index contributed by atoms with van der Waals surface area (Å²) >= 11 is 6.43. The highest BCUT2D eigenvalue weighted by atomic mass is 35.5. The second-order valence-electron chi connectivity index (χ2n) is 6.76. The number of nitriles is 1. The van der Waals surface area contributed by atoms with Crippen LogP contribution in [0.1, 0.15) is 43.2 Å². The summed E-state index contributed by atoms with van der Waals surface area (Å²) in [5, 5.41) is 15.9. The second-order valence-corrected chi connectivity index (χ2v) is 7.17. The maximum Gasteiger partial charge on any atom is 0.319 e. The number of carbonyl (C=O) groups is 1. The number of nitrogens with one attached hydrogen (secondary N) is 2. The lowest BCUT2D eigenvalue weighted by molar-refractivity contribution is 0.209. The Morgan fingerprint density at radius 2 is 1.92 bits per heavy atom. The molecule has 1 aliphatic carbocycles. The van der Waals surface area contributed by atoms with E-state index in [-0.39, 0.29) is 6.03 Å². The zero-order chi connectivity index (χ0) is 17.4. The normalized spacial score (nSPS) is 18.0. The molecule has 1 heterocycles. The highest BCUT2D eigenvalue weighted by molar-refractivity contribution is 6.34. The predicted molar refractivity (Wildman–Crippen MR) is 98.5 cm³/mol. The van der Waals surface area contributed by atoms with Crippen LogP contribution >= 0.6 is 11.6 Å². The van der Waals surface area contributed by atoms with Crippen molar-refractivity contribution in [2.24, 2.45) is 0 Å². The fraction of sp³-hybridized carbons (Fsp3) is 0.300. The van der Waals surface area contributed by atoms with Gasteiger partial charge in [0.05, 0.1) is 27.9 Å². The standard InChI is InChI=1S/C20H18ClN3O/c21-16-8-7-15(14-6-4-5-13(11-14)12-22)17-18(16)23-19(25)24-20(17)9-2-1-3-10-20/h4-8,11H,1-3,9-10H2,(H2,23,24,25). The number of rotatable bonds is 1. The Morgan fingerprint density at radius 3 is 2.68 bits per heavy atom. The molecule has 0 bridgehead atoms. The molecule has 4 rings (SSSR count). The van der Waals surface area contributed by atoms with Gasteiger partial charge in [-0.25, -0.2) is 4.79 Å². The predicted octanol–water partition coefficient (Wildman–Crippen LogP) is 5.17. The fourth-order valence-electron chi connectivity index (χ4n) is 4.15. The Hall–Kier alpha value is -2.51. The van der Waals surface area contributed by atoms with E-state index in [1.54, 1.807) is 6.07 Å². The van der Waals surface area contributed by atoms with E-state index in [2.05, 4.69) is 16.7 Å². The molecule has 2 amide bonds. The Bertz CT molecular complexity index is 894. The van der Waals surface area contributed by atoms with Crippen LogP contribution in [0.5, 0.6) is 0 Å². The molecular weight excluding hydrogens is 334 g/mol. The number of benzene rings is 2. The van der Waals surface area contributed by atoms with Gasteiger partial charge in [0.15, 0.2) is 0 Å². The summed E-state index contributed by atoms with van der Waals surface area (Å²) in [6.07, 6.45) is 5.13. The van der Waals surface area contributed by atoms with Gasteiger partial charge in [-0.15, -0.1) is 0 Å². The Labute approximate surface area is 151 Å². The molecule has 2 aromatic rings. The van der Waals surface area contributed by atoms with Gasteiger partial charge in [0, 0.05) is 5.56 Å². The summed E-state index contributed by atoms with van der Waals surface area (Å²) in [5.74, 6) is 0. The molecule has 0 saturated heterocycles. The van der Waals surface area contributed by atoms with Crippen LogP contribution in [0.25, 0.3) is 11.1 Å². The molecule has 2 N–H and O–H groups in total. The van der Waals surface area contributed by atoms with Crippen molar-refractivity contribution in [1.29, 1.82) is 5.26 Å². The first-order valence-corrected chi connectivity index (χ1v) is 8.93. The quantitative estimate of drug-likeness (QED) is 0.744. The highest BCUT2D eigenvalue weighted by Gasteiger charge is 2.42. The van der Waals surface area contributed by atoms with Crippen molar-refractivity contribution in [2.45, 2.75) is 37.6 Å². The monoisotopic (exact) mass is 351 g/mol. The largest absolute Gasteiger partial charge is 0.328 e. The number of carbonyl (C=O) groups excluding carboxylic acids is 1. The van der Waals surface area contributed by atoms with Crippen LogP contribution in [0, 0.1) is 11.3 Å². The van der Waals surface area contributed by atoms with Crippen molar-refractivity contribution in [3.63, 3.8) is 0 Å². The average molecular weight is 352 g/mol. The van der Waals surface area contributed by atoms with E-state index >= 15 is 0 Å². The number of hydrogen-bond acceptors (Lipinski definition) is 2. The molecule has 1 aliphatic heterocycles. The van der Waals surface area contributed by atoms with Crippen molar-refractivity contribution in [3.05, 3.63) is 52.5 Å². The summed E-state index contributed by atoms with van der Waals surface area (Å²) in [6.45, 7) is 0. The van der Waals surface area contributed by atoms with Crippen LogP contribution in [0.2, 0.25) is 5.02 Å². The molecule has 1 fully saturated rings. The zero-order valence-electron chi connectivity index (χ0n) is 13.7. The SMILES string of the molecule is N#Cc1cccc(-c2ccc(Cl)c3c2C2(CCCCC2)NC(=O)N3)c1. The van der Waals surface area contributed by atoms with Crippen LogP contribution in [0.3, 0.4) is 0 Å². The zero-order valence-corrected chi connectivity index (χ0v) is 14.5. The number of hydrogen-bond donors (Lipinski definition) is 2. The van der Waals surface area contributed by atoms with Crippen LogP contribution in [0.4, 0.5) is 10.5 Å². The smallest absolute Gasteiger partial charge is 0.319 e. The summed E-state index contributed by atoms with van der Waals surface area (Å²) in [6, 6.07) is 13.4. The third-order valence-corrected chi connectivity index (χ3v) is 5.55. The van der Waals surface area contributed by atoms with Crippen molar-refractivity contribution >= 4 is 23.3 Å². The van der Waals surface area contributed by atoms with Crippen molar-refractivity contribution in [1.82, 2.24) is 5.32 Å². The van der Waals surface area contributed by atoms with Gasteiger partial charge in [0.1, 0.15) is 0 Å². The molecule has 5 heteroatoms. The van der Waals surface area contributed by atoms with Gasteiger partial charge in [-0.05, 0) is 42.2 Å². The molecule has 2 aromatic carbocycles. The number of halogens is 1. The van der Waals surface area contributed by atoms with Crippen LogP contribution in [-0.2, 0) is 5.54 Å². The molecule has 1 saturated carbocycles. The van der Waals surface area contributed by atoms with E-state index in [0.29, 0.717) is 16.3 Å². The van der Waals surface area contributed by atoms with Gasteiger partial charge in [0.2, 0.25) is 0 Å². The summed E-state index contributed by atoms with van der Waals surface area (Å²) in [4.78, 5) is 12.3. The molecule has 2 aliphatic rings. The summed E-state index contributed by atoms with van der Waals surface area (Å²) < 4.78 is 0. The second kappa shape index (κ2) is 6.09. The molecule has 126 valence electrons. The highest BCUT2D eigenvalue weighted by Crippen LogP contribution is 2.49. The lowest BCUT2D eigenvalue weighted by Crippen LogP contribution is -2.53. The third-order valence-electron chi connectivity index (χ3n) is 5.23. The average Bonchev–Trinajstić information content (AvgIpc) is 2.63. The first-order valence-electron chi connectivity index (χ1n) is 8.56. The van der Waals surface area contributed by atoms with E-state index < -0.39 is 5.54 Å². The molecule has 1 spiro atoms. The minimum Gasteiger partial charge on any atom is -0.328 e. The Balaban J connectivity index is 1.97. The number of anilines is 1. The van der Waals surface area contributed by atoms with E-state index in [1.807, 2.05) is 30.3 Å². The maximum absolute atomic E-state index is 12.3. The van der Waals surface area contributed by atoms with Gasteiger partial charge in [-0.1, -0.05) is 49.1 Å². The topological polar surface area (TPSA) is 64.9 Å². The number of nitrogens with zero attached hydrogens (tertiary/aromatic N) is 1. The molecular formula is C20H18ClN3O. The van der Waals surface area contributed by atoms with Crippen molar-refractivity contribution in [2.75, 3.05) is 5.32 Å². The van der Waals surface area contributed by atoms with E-state index in [0.717, 1.165) is 42.4 Å². The van der Waals surface area contributed by atoms with Gasteiger partial charge < -0.3 is 10.6 Å². The molecule has 4 nitrogen and oxygen atoms in total. The lowest BCUT2D eigenvalue weighted by Gasteiger charge is -2.44. The lowest BCUT2D eigenvalue weighted by atomic mass is 9.72. The van der Waals surface area contributed by atoms with E-state index in [4.69, 9.17) is 11.6 Å². The fourth-order valence-corrected chi connectivity index (χ4v) is 4.35. The minimum absolute atomic E-state index is 0.195. The maximum atomic E-state index is 12.3. The molecule has 0 atom stereocenters. The van der Waals surface area contributed by atoms with Crippen molar-refractivity contribution in [3.8, 4) is 17.2 Å². The number of amides is 2. The summed E-state index contributed by atoms with van der Waals surface area (Å²) in [5.41, 5.74) is 3.97. The first-order chi connectivity index (χ1) is 12.1. The minimum atomic E-state index is -0.390. The van der Waals surface area contributed by atoms with Gasteiger partial charge >= 0.3 is 6.03 Å². The van der Waals surface area contributed by atoms with E-state index in [1.165, 1.54) is 6.42 Å². The molecule has 25 heavy (non-hydrogen) atoms. The molecule has 0 aromatic heterocycles. The van der Waals surface area contributed by atoms with Crippen molar-refractivity contribution < 1.29 is 4.79 Å². The number of fused-ring (bicyclic) bond motifs is 2. The first kappa shape index (κ1) is 16.0. The Morgan fingerprint density at radius 1 is 1.12 bits per heavy atom. The van der Waals surface area contributed by atoms with E-state index in [9.17, 15) is 10.1 Å². The van der Waals surface area contributed by atoms with Crippen LogP contribution in [-0.4, -0.2) is 6.03 Å². The summed E-state index contributed by atoms with van der Waals surface area (Å²) in [7, 11) is 0. The van der Waals surface area contributed by atoms with Crippen LogP contribution < -0.4 is 10.6 Å². The van der Waals surface area contributed by atoms with Crippen LogP contribution in [0.15, 0.2) is 36.4 Å². The van der Waals surface area contributed by atoms with Gasteiger partial charge in [0.25, 0.3) is 0 Å². The Kier molecular flexibility index (Phi) is 3.89. The van der Waals surface area contributed by atoms with Gasteiger partial charge in [-0.3, -0.25) is 0 Å². The number of urea groups is 1.